The molecule has 0 saturated carbocycles. The number of aromatic nitrogens is 2. The zero-order chi connectivity index (χ0) is 17.1. The molecule has 0 aliphatic rings. The molecule has 0 spiro atoms. The van der Waals surface area contributed by atoms with Crippen LogP contribution in [0.25, 0.3) is 22.0 Å². The predicted molar refractivity (Wildman–Crippen MR) is 99.0 cm³/mol. The van der Waals surface area contributed by atoms with Crippen LogP contribution in [0, 0.1) is 0 Å². The van der Waals surface area contributed by atoms with Gasteiger partial charge < -0.3 is 21.1 Å². The van der Waals surface area contributed by atoms with E-state index in [-0.39, 0.29) is 0 Å². The predicted octanol–water partition coefficient (Wildman–Crippen LogP) is 2.72. The number of hydrogen-bond donors (Lipinski definition) is 3. The second kappa shape index (κ2) is 6.80. The molecule has 0 atom stereocenters. The average Bonchev–Trinajstić information content (AvgIpc) is 2.95. The summed E-state index contributed by atoms with van der Waals surface area (Å²) in [6.07, 6.45) is 0.956. The smallest absolute Gasteiger partial charge is 0.153 e. The van der Waals surface area contributed by atoms with Gasteiger partial charge in [0, 0.05) is 12.2 Å². The summed E-state index contributed by atoms with van der Waals surface area (Å²) in [7, 11) is 4.10. The lowest BCUT2D eigenvalue weighted by Crippen LogP contribution is -2.15. The molecule has 0 radical (unpaired) electrons. The van der Waals surface area contributed by atoms with E-state index in [0.717, 1.165) is 46.4 Å². The quantitative estimate of drug-likeness (QED) is 0.478. The van der Waals surface area contributed by atoms with Crippen molar-refractivity contribution in [2.45, 2.75) is 6.42 Å². The van der Waals surface area contributed by atoms with Crippen LogP contribution < -0.4 is 16.2 Å². The fourth-order valence-corrected chi connectivity index (χ4v) is 2.72. The van der Waals surface area contributed by atoms with Gasteiger partial charge in [0.1, 0.15) is 11.3 Å². The van der Waals surface area contributed by atoms with E-state index in [1.165, 1.54) is 0 Å². The van der Waals surface area contributed by atoms with E-state index in [4.69, 9.17) is 16.2 Å². The lowest BCUT2D eigenvalue weighted by Gasteiger charge is -2.12. The molecule has 0 fully saturated rings. The lowest BCUT2D eigenvalue weighted by atomic mass is 10.0. The van der Waals surface area contributed by atoms with Crippen LogP contribution in [0.3, 0.4) is 0 Å². The Morgan fingerprint density at radius 3 is 2.54 bits per heavy atom. The van der Waals surface area contributed by atoms with Crippen LogP contribution in [0.1, 0.15) is 6.42 Å². The molecule has 2 aromatic carbocycles. The largest absolute Gasteiger partial charge is 0.491 e. The number of nitrogens with two attached hydrogens (primary N) is 2. The Bertz CT molecular complexity index is 823. The summed E-state index contributed by atoms with van der Waals surface area (Å²) in [5, 5.41) is 8.03. The van der Waals surface area contributed by atoms with Crippen molar-refractivity contribution < 1.29 is 4.74 Å². The van der Waals surface area contributed by atoms with Gasteiger partial charge in [-0.3, -0.25) is 5.10 Å². The fraction of sp³-hybridized carbons (Fsp3) is 0.278. The minimum Gasteiger partial charge on any atom is -0.491 e. The summed E-state index contributed by atoms with van der Waals surface area (Å²) in [5.74, 6) is 1.24. The van der Waals surface area contributed by atoms with E-state index in [1.807, 2.05) is 36.4 Å². The number of fused-ring (bicyclic) bond motifs is 1. The molecule has 126 valence electrons. The molecule has 6 heteroatoms. The highest BCUT2D eigenvalue weighted by Crippen LogP contribution is 2.36. The maximum absolute atomic E-state index is 6.08. The summed E-state index contributed by atoms with van der Waals surface area (Å²) >= 11 is 0. The number of ether oxygens (including phenoxy) is 1. The Labute approximate surface area is 141 Å². The topological polar surface area (TPSA) is 93.2 Å². The second-order valence-corrected chi connectivity index (χ2v) is 6.10. The molecule has 3 aromatic rings. The van der Waals surface area contributed by atoms with Crippen molar-refractivity contribution in [2.75, 3.05) is 38.7 Å². The zero-order valence-electron chi connectivity index (χ0n) is 14.0. The molecule has 1 aromatic heterocycles. The number of nitrogens with zero attached hydrogens (tertiary/aromatic N) is 2. The van der Waals surface area contributed by atoms with Gasteiger partial charge in [-0.15, -0.1) is 0 Å². The van der Waals surface area contributed by atoms with Gasteiger partial charge >= 0.3 is 0 Å². The summed E-state index contributed by atoms with van der Waals surface area (Å²) in [6.45, 7) is 1.63. The van der Waals surface area contributed by atoms with E-state index < -0.39 is 0 Å². The fourth-order valence-electron chi connectivity index (χ4n) is 2.72. The number of nitrogens with one attached hydrogen (secondary N) is 1. The molecule has 0 saturated heterocycles. The summed E-state index contributed by atoms with van der Waals surface area (Å²) in [5.41, 5.74) is 15.5. The number of hydrogen-bond acceptors (Lipinski definition) is 5. The lowest BCUT2D eigenvalue weighted by molar-refractivity contribution is 0.284. The van der Waals surface area contributed by atoms with E-state index in [9.17, 15) is 0 Å². The zero-order valence-corrected chi connectivity index (χ0v) is 14.0. The molecule has 5 N–H and O–H groups in total. The molecule has 24 heavy (non-hydrogen) atoms. The van der Waals surface area contributed by atoms with E-state index in [1.54, 1.807) is 0 Å². The standard InChI is InChI=1S/C18H23N5O/c1-23(2)10-3-11-24-15-9-8-14(12-4-6-13(19)7-5-12)16-17(15)21-22-18(16)20/h4-9H,3,10-11,19H2,1-2H3,(H3,20,21,22). The highest BCUT2D eigenvalue weighted by molar-refractivity contribution is 6.04. The Morgan fingerprint density at radius 2 is 1.83 bits per heavy atom. The van der Waals surface area contributed by atoms with Crippen LogP contribution >= 0.6 is 0 Å². The highest BCUT2D eigenvalue weighted by atomic mass is 16.5. The van der Waals surface area contributed by atoms with Crippen LogP contribution in [-0.2, 0) is 0 Å². The first-order valence-electron chi connectivity index (χ1n) is 7.96. The number of rotatable bonds is 6. The third-order valence-corrected chi connectivity index (χ3v) is 3.94. The van der Waals surface area contributed by atoms with Crippen molar-refractivity contribution in [2.24, 2.45) is 0 Å². The van der Waals surface area contributed by atoms with Crippen molar-refractivity contribution >= 4 is 22.4 Å². The molecule has 0 bridgehead atoms. The summed E-state index contributed by atoms with van der Waals surface area (Å²) < 4.78 is 5.92. The van der Waals surface area contributed by atoms with E-state index in [2.05, 4.69) is 29.2 Å². The van der Waals surface area contributed by atoms with Crippen molar-refractivity contribution in [3.05, 3.63) is 36.4 Å². The van der Waals surface area contributed by atoms with Crippen LogP contribution in [0.4, 0.5) is 11.5 Å². The summed E-state index contributed by atoms with van der Waals surface area (Å²) in [6, 6.07) is 11.7. The number of nitrogen functional groups attached to an aromatic ring is 2. The normalized spacial score (nSPS) is 11.3. The molecule has 0 aliphatic heterocycles. The van der Waals surface area contributed by atoms with Gasteiger partial charge in [0.2, 0.25) is 0 Å². The van der Waals surface area contributed by atoms with Crippen LogP contribution in [0.2, 0.25) is 0 Å². The summed E-state index contributed by atoms with van der Waals surface area (Å²) in [4.78, 5) is 2.14. The monoisotopic (exact) mass is 325 g/mol. The van der Waals surface area contributed by atoms with E-state index in [0.29, 0.717) is 12.4 Å². The number of benzene rings is 2. The minimum absolute atomic E-state index is 0.468. The third kappa shape index (κ3) is 3.28. The van der Waals surface area contributed by atoms with Crippen LogP contribution in [0.5, 0.6) is 5.75 Å². The second-order valence-electron chi connectivity index (χ2n) is 6.10. The molecule has 3 rings (SSSR count). The number of aromatic amines is 1. The molecular formula is C18H23N5O. The SMILES string of the molecule is CN(C)CCCOc1ccc(-c2ccc(N)cc2)c2c(N)n[nH]c12. The molecule has 6 nitrogen and oxygen atoms in total. The Balaban J connectivity index is 1.92. The average molecular weight is 325 g/mol. The first-order chi connectivity index (χ1) is 11.6. The van der Waals surface area contributed by atoms with Crippen molar-refractivity contribution in [3.63, 3.8) is 0 Å². The molecule has 0 aliphatic carbocycles. The number of anilines is 2. The number of H-pyrrole nitrogens is 1. The maximum atomic E-state index is 6.08. The van der Waals surface area contributed by atoms with Crippen LogP contribution in [0.15, 0.2) is 36.4 Å². The third-order valence-electron chi connectivity index (χ3n) is 3.94. The van der Waals surface area contributed by atoms with Crippen molar-refractivity contribution in [3.8, 4) is 16.9 Å². The van der Waals surface area contributed by atoms with Crippen molar-refractivity contribution in [1.29, 1.82) is 0 Å². The Kier molecular flexibility index (Phi) is 4.57. The Morgan fingerprint density at radius 1 is 1.08 bits per heavy atom. The maximum Gasteiger partial charge on any atom is 0.153 e. The van der Waals surface area contributed by atoms with Gasteiger partial charge in [-0.2, -0.15) is 5.10 Å². The highest BCUT2D eigenvalue weighted by Gasteiger charge is 2.14. The van der Waals surface area contributed by atoms with Gasteiger partial charge in [-0.1, -0.05) is 12.1 Å². The minimum atomic E-state index is 0.468. The molecule has 0 unspecified atom stereocenters. The van der Waals surface area contributed by atoms with Crippen molar-refractivity contribution in [1.82, 2.24) is 15.1 Å². The van der Waals surface area contributed by atoms with Gasteiger partial charge in [-0.05, 0) is 55.9 Å². The van der Waals surface area contributed by atoms with Crippen LogP contribution in [-0.4, -0.2) is 42.3 Å². The van der Waals surface area contributed by atoms with Gasteiger partial charge in [0.15, 0.2) is 5.82 Å². The molecular weight excluding hydrogens is 302 g/mol. The van der Waals surface area contributed by atoms with Gasteiger partial charge in [0.25, 0.3) is 0 Å². The van der Waals surface area contributed by atoms with E-state index >= 15 is 0 Å². The first kappa shape index (κ1) is 16.1. The molecule has 1 heterocycles. The Hall–Kier alpha value is -2.73. The first-order valence-corrected chi connectivity index (χ1v) is 7.96. The van der Waals surface area contributed by atoms with Gasteiger partial charge in [0.05, 0.1) is 12.0 Å². The van der Waals surface area contributed by atoms with Gasteiger partial charge in [-0.25, -0.2) is 0 Å². The molecule has 0 amide bonds.